The molecule has 3 heterocycles. The molecule has 1 fully saturated rings. The van der Waals surface area contributed by atoms with Crippen LogP contribution in [0.3, 0.4) is 0 Å². The quantitative estimate of drug-likeness (QED) is 0.436. The van der Waals surface area contributed by atoms with Crippen LogP contribution in [0.1, 0.15) is 15.9 Å². The van der Waals surface area contributed by atoms with Gasteiger partial charge in [-0.3, -0.25) is 9.48 Å². The maximum atomic E-state index is 13.6. The molecule has 0 atom stereocenters. The lowest BCUT2D eigenvalue weighted by molar-refractivity contribution is 0.0747. The topological polar surface area (TPSA) is 63.5 Å². The molecule has 5 rings (SSSR count). The number of aromatic nitrogens is 3. The van der Waals surface area contributed by atoms with E-state index in [1.807, 2.05) is 69.8 Å². The fraction of sp³-hybridized carbons (Fsp3) is 0.240. The van der Waals surface area contributed by atoms with Crippen LogP contribution in [-0.4, -0.2) is 58.9 Å². The molecular formula is C25H25N5O2S. The van der Waals surface area contributed by atoms with E-state index >= 15 is 0 Å². The first-order valence-electron chi connectivity index (χ1n) is 10.9. The lowest BCUT2D eigenvalue weighted by atomic mass is 10.1. The minimum Gasteiger partial charge on any atom is -0.497 e. The summed E-state index contributed by atoms with van der Waals surface area (Å²) in [5.74, 6) is 0.785. The summed E-state index contributed by atoms with van der Waals surface area (Å²) in [4.78, 5) is 22.1. The van der Waals surface area contributed by atoms with E-state index in [2.05, 4.69) is 22.0 Å². The largest absolute Gasteiger partial charge is 0.497 e. The molecule has 2 aromatic carbocycles. The Bertz CT molecular complexity index is 1200. The van der Waals surface area contributed by atoms with Crippen molar-refractivity contribution in [1.29, 1.82) is 0 Å². The predicted octanol–water partition coefficient (Wildman–Crippen LogP) is 4.03. The highest BCUT2D eigenvalue weighted by Gasteiger charge is 2.27. The number of piperazine rings is 1. The number of thiazole rings is 1. The van der Waals surface area contributed by atoms with Crippen LogP contribution >= 0.6 is 11.3 Å². The second kappa shape index (κ2) is 9.46. The molecule has 1 aliphatic rings. The fourth-order valence-electron chi connectivity index (χ4n) is 4.03. The zero-order valence-corrected chi connectivity index (χ0v) is 19.2. The Morgan fingerprint density at radius 1 is 1.03 bits per heavy atom. The van der Waals surface area contributed by atoms with Gasteiger partial charge in [-0.2, -0.15) is 5.10 Å². The van der Waals surface area contributed by atoms with E-state index in [0.29, 0.717) is 30.9 Å². The standard InChI is InChI=1S/C25H25N5O2S/c1-32-21-9-7-20(8-10-21)23-22(18-30(27-23)17-19-5-3-2-4-6-19)24(31)28-12-14-29(15-13-28)25-26-11-16-33-25/h2-11,16,18H,12-15,17H2,1H3. The molecule has 0 aliphatic carbocycles. The first-order chi connectivity index (χ1) is 16.2. The number of amides is 1. The zero-order chi connectivity index (χ0) is 22.6. The Kier molecular flexibility index (Phi) is 6.08. The summed E-state index contributed by atoms with van der Waals surface area (Å²) in [6.07, 6.45) is 3.70. The van der Waals surface area contributed by atoms with Crippen LogP contribution in [0.25, 0.3) is 11.3 Å². The number of benzene rings is 2. The molecule has 0 bridgehead atoms. The van der Waals surface area contributed by atoms with E-state index in [-0.39, 0.29) is 5.91 Å². The van der Waals surface area contributed by atoms with Crippen molar-refractivity contribution in [2.45, 2.75) is 6.54 Å². The maximum Gasteiger partial charge on any atom is 0.257 e. The normalized spacial score (nSPS) is 13.8. The predicted molar refractivity (Wildman–Crippen MR) is 130 cm³/mol. The van der Waals surface area contributed by atoms with Gasteiger partial charge in [0.2, 0.25) is 0 Å². The van der Waals surface area contributed by atoms with Gasteiger partial charge in [-0.15, -0.1) is 11.3 Å². The van der Waals surface area contributed by atoms with Crippen molar-refractivity contribution in [3.63, 3.8) is 0 Å². The molecule has 4 aromatic rings. The molecule has 1 amide bonds. The van der Waals surface area contributed by atoms with Crippen LogP contribution in [-0.2, 0) is 6.54 Å². The second-order valence-electron chi connectivity index (χ2n) is 7.90. The van der Waals surface area contributed by atoms with Crippen LogP contribution in [0.4, 0.5) is 5.13 Å². The van der Waals surface area contributed by atoms with Crippen molar-refractivity contribution in [3.8, 4) is 17.0 Å². The molecule has 168 valence electrons. The van der Waals surface area contributed by atoms with Gasteiger partial charge in [-0.1, -0.05) is 30.3 Å². The Balaban J connectivity index is 1.41. The van der Waals surface area contributed by atoms with Crippen LogP contribution in [0, 0.1) is 0 Å². The van der Waals surface area contributed by atoms with E-state index in [4.69, 9.17) is 9.84 Å². The smallest absolute Gasteiger partial charge is 0.257 e. The molecule has 0 unspecified atom stereocenters. The summed E-state index contributed by atoms with van der Waals surface area (Å²) >= 11 is 1.63. The molecule has 2 aromatic heterocycles. The summed E-state index contributed by atoms with van der Waals surface area (Å²) in [7, 11) is 1.64. The van der Waals surface area contributed by atoms with Gasteiger partial charge in [0.25, 0.3) is 5.91 Å². The number of hydrogen-bond donors (Lipinski definition) is 0. The van der Waals surface area contributed by atoms with Crippen LogP contribution in [0.5, 0.6) is 5.75 Å². The van der Waals surface area contributed by atoms with Crippen molar-refractivity contribution in [2.24, 2.45) is 0 Å². The highest BCUT2D eigenvalue weighted by Crippen LogP contribution is 2.27. The summed E-state index contributed by atoms with van der Waals surface area (Å²) in [6.45, 7) is 3.47. The average Bonchev–Trinajstić information content (AvgIpc) is 3.55. The van der Waals surface area contributed by atoms with Gasteiger partial charge < -0.3 is 14.5 Å². The summed E-state index contributed by atoms with van der Waals surface area (Å²) in [5, 5.41) is 7.80. The highest BCUT2D eigenvalue weighted by molar-refractivity contribution is 7.13. The molecule has 0 saturated carbocycles. The SMILES string of the molecule is COc1ccc(-c2nn(Cc3ccccc3)cc2C(=O)N2CCN(c3nccs3)CC2)cc1. The monoisotopic (exact) mass is 459 g/mol. The van der Waals surface area contributed by atoms with Gasteiger partial charge in [0.15, 0.2) is 5.13 Å². The number of carbonyl (C=O) groups excluding carboxylic acids is 1. The molecule has 1 aliphatic heterocycles. The fourth-order valence-corrected chi connectivity index (χ4v) is 4.73. The molecular weight excluding hydrogens is 434 g/mol. The van der Waals surface area contributed by atoms with E-state index in [1.54, 1.807) is 18.4 Å². The van der Waals surface area contributed by atoms with Gasteiger partial charge in [-0.25, -0.2) is 4.98 Å². The van der Waals surface area contributed by atoms with Crippen molar-refractivity contribution < 1.29 is 9.53 Å². The Hall–Kier alpha value is -3.65. The van der Waals surface area contributed by atoms with Crippen LogP contribution in [0.2, 0.25) is 0 Å². The summed E-state index contributed by atoms with van der Waals surface area (Å²) in [5.41, 5.74) is 3.35. The van der Waals surface area contributed by atoms with Gasteiger partial charge in [0.1, 0.15) is 11.4 Å². The number of methoxy groups -OCH3 is 1. The third-order valence-electron chi connectivity index (χ3n) is 5.80. The van der Waals surface area contributed by atoms with Crippen molar-refractivity contribution in [2.75, 3.05) is 38.2 Å². The second-order valence-corrected chi connectivity index (χ2v) is 8.77. The van der Waals surface area contributed by atoms with E-state index < -0.39 is 0 Å². The Morgan fingerprint density at radius 2 is 1.79 bits per heavy atom. The zero-order valence-electron chi connectivity index (χ0n) is 18.4. The number of hydrogen-bond acceptors (Lipinski definition) is 6. The number of anilines is 1. The molecule has 1 saturated heterocycles. The average molecular weight is 460 g/mol. The third kappa shape index (κ3) is 4.61. The van der Waals surface area contributed by atoms with Crippen molar-refractivity contribution in [1.82, 2.24) is 19.7 Å². The van der Waals surface area contributed by atoms with Gasteiger partial charge >= 0.3 is 0 Å². The lowest BCUT2D eigenvalue weighted by Crippen LogP contribution is -2.48. The number of rotatable bonds is 6. The Labute approximate surface area is 196 Å². The van der Waals surface area contributed by atoms with Crippen LogP contribution < -0.4 is 9.64 Å². The molecule has 33 heavy (non-hydrogen) atoms. The molecule has 8 heteroatoms. The van der Waals surface area contributed by atoms with Crippen molar-refractivity contribution >= 4 is 22.4 Å². The number of ether oxygens (including phenoxy) is 1. The minimum atomic E-state index is 0.0129. The molecule has 0 spiro atoms. The van der Waals surface area contributed by atoms with Crippen molar-refractivity contribution in [3.05, 3.63) is 83.5 Å². The van der Waals surface area contributed by atoms with Gasteiger partial charge in [-0.05, 0) is 29.8 Å². The van der Waals surface area contributed by atoms with Gasteiger partial charge in [0.05, 0.1) is 19.2 Å². The molecule has 0 N–H and O–H groups in total. The summed E-state index contributed by atoms with van der Waals surface area (Å²) < 4.78 is 7.15. The van der Waals surface area contributed by atoms with E-state index in [0.717, 1.165) is 35.1 Å². The Morgan fingerprint density at radius 3 is 2.45 bits per heavy atom. The number of nitrogens with zero attached hydrogens (tertiary/aromatic N) is 5. The molecule has 7 nitrogen and oxygen atoms in total. The van der Waals surface area contributed by atoms with Crippen LogP contribution in [0.15, 0.2) is 72.4 Å². The maximum absolute atomic E-state index is 13.6. The first-order valence-corrected chi connectivity index (χ1v) is 11.8. The highest BCUT2D eigenvalue weighted by atomic mass is 32.1. The van der Waals surface area contributed by atoms with Gasteiger partial charge in [0, 0.05) is 49.5 Å². The third-order valence-corrected chi connectivity index (χ3v) is 6.63. The van der Waals surface area contributed by atoms with E-state index in [1.165, 1.54) is 0 Å². The number of carbonyl (C=O) groups is 1. The van der Waals surface area contributed by atoms with E-state index in [9.17, 15) is 4.79 Å². The minimum absolute atomic E-state index is 0.0129. The molecule has 0 radical (unpaired) electrons. The first kappa shape index (κ1) is 21.2. The lowest BCUT2D eigenvalue weighted by Gasteiger charge is -2.34. The summed E-state index contributed by atoms with van der Waals surface area (Å²) in [6, 6.07) is 17.8.